The number of amides is 2. The lowest BCUT2D eigenvalue weighted by molar-refractivity contribution is -0.148. The number of hydrogen-bond donors (Lipinski definition) is 2. The molecule has 2 aliphatic rings. The van der Waals surface area contributed by atoms with E-state index in [-0.39, 0.29) is 11.8 Å². The maximum absolute atomic E-state index is 13.2. The van der Waals surface area contributed by atoms with E-state index in [1.54, 1.807) is 5.48 Å². The molecule has 1 aliphatic carbocycles. The molecule has 0 bridgehead atoms. The summed E-state index contributed by atoms with van der Waals surface area (Å²) in [4.78, 5) is 29.7. The second-order valence-electron chi connectivity index (χ2n) is 8.65. The quantitative estimate of drug-likeness (QED) is 0.602. The van der Waals surface area contributed by atoms with Crippen molar-refractivity contribution in [2.45, 2.75) is 39.5 Å². The van der Waals surface area contributed by atoms with Gasteiger partial charge in [0.15, 0.2) is 0 Å². The maximum Gasteiger partial charge on any atom is 0.247 e. The molecule has 1 aliphatic heterocycles. The summed E-state index contributed by atoms with van der Waals surface area (Å²) in [6.45, 7) is 7.32. The number of nitrogens with zero attached hydrogens (tertiary/aromatic N) is 2. The van der Waals surface area contributed by atoms with Crippen LogP contribution >= 0.6 is 0 Å². The minimum Gasteiger partial charge on any atom is -0.368 e. The van der Waals surface area contributed by atoms with Crippen molar-refractivity contribution < 1.29 is 14.8 Å². The molecule has 2 N–H and O–H groups in total. The third-order valence-corrected chi connectivity index (χ3v) is 6.24. The first-order chi connectivity index (χ1) is 13.5. The lowest BCUT2D eigenvalue weighted by Gasteiger charge is -2.41. The molecule has 1 saturated heterocycles. The Kier molecular flexibility index (Phi) is 6.94. The Labute approximate surface area is 167 Å². The molecular formula is C22H33N3O3. The fraction of sp³-hybridized carbons (Fsp3) is 0.636. The lowest BCUT2D eigenvalue weighted by atomic mass is 9.71. The first-order valence-electron chi connectivity index (χ1n) is 10.5. The van der Waals surface area contributed by atoms with E-state index >= 15 is 0 Å². The zero-order valence-corrected chi connectivity index (χ0v) is 17.0. The number of piperazine rings is 1. The van der Waals surface area contributed by atoms with Crippen LogP contribution in [0.5, 0.6) is 0 Å². The molecule has 1 saturated carbocycles. The first-order valence-corrected chi connectivity index (χ1v) is 10.5. The van der Waals surface area contributed by atoms with Gasteiger partial charge in [0, 0.05) is 37.8 Å². The Morgan fingerprint density at radius 3 is 2.36 bits per heavy atom. The molecule has 1 aromatic rings. The summed E-state index contributed by atoms with van der Waals surface area (Å²) in [5.41, 5.74) is 2.99. The fourth-order valence-corrected chi connectivity index (χ4v) is 4.87. The molecule has 0 aromatic heterocycles. The van der Waals surface area contributed by atoms with Crippen molar-refractivity contribution in [1.29, 1.82) is 0 Å². The fourth-order valence-electron chi connectivity index (χ4n) is 4.87. The van der Waals surface area contributed by atoms with Gasteiger partial charge in [0.05, 0.1) is 5.92 Å². The molecule has 154 valence electrons. The van der Waals surface area contributed by atoms with Crippen LogP contribution in [0.2, 0.25) is 0 Å². The van der Waals surface area contributed by atoms with Gasteiger partial charge in [-0.1, -0.05) is 32.0 Å². The average Bonchev–Trinajstić information content (AvgIpc) is 2.73. The van der Waals surface area contributed by atoms with Gasteiger partial charge in [0.2, 0.25) is 11.8 Å². The van der Waals surface area contributed by atoms with E-state index in [2.05, 4.69) is 30.9 Å². The molecule has 0 spiro atoms. The molecule has 0 radical (unpaired) electrons. The molecule has 1 heterocycles. The van der Waals surface area contributed by atoms with Crippen molar-refractivity contribution in [3.63, 3.8) is 0 Å². The van der Waals surface area contributed by atoms with Crippen LogP contribution in [0, 0.1) is 23.7 Å². The highest BCUT2D eigenvalue weighted by molar-refractivity contribution is 5.87. The molecule has 6 nitrogen and oxygen atoms in total. The molecule has 0 unspecified atom stereocenters. The van der Waals surface area contributed by atoms with Gasteiger partial charge in [-0.15, -0.1) is 0 Å². The van der Waals surface area contributed by atoms with Gasteiger partial charge in [-0.2, -0.15) is 0 Å². The van der Waals surface area contributed by atoms with E-state index in [4.69, 9.17) is 0 Å². The highest BCUT2D eigenvalue weighted by Gasteiger charge is 2.41. The normalized spacial score (nSPS) is 25.6. The Hall–Kier alpha value is -2.08. The van der Waals surface area contributed by atoms with Gasteiger partial charge in [0.25, 0.3) is 0 Å². The minimum absolute atomic E-state index is 0.0734. The van der Waals surface area contributed by atoms with Crippen LogP contribution in [0.1, 0.15) is 39.5 Å². The van der Waals surface area contributed by atoms with Crippen LogP contribution in [0.15, 0.2) is 30.3 Å². The van der Waals surface area contributed by atoms with Crippen LogP contribution in [-0.4, -0.2) is 48.1 Å². The maximum atomic E-state index is 13.2. The summed E-state index contributed by atoms with van der Waals surface area (Å²) in [5, 5.41) is 9.19. The Balaban J connectivity index is 1.61. The summed E-state index contributed by atoms with van der Waals surface area (Å²) >= 11 is 0. The van der Waals surface area contributed by atoms with E-state index in [1.165, 1.54) is 5.69 Å². The summed E-state index contributed by atoms with van der Waals surface area (Å²) in [6, 6.07) is 10.2. The number of benzene rings is 1. The Morgan fingerprint density at radius 1 is 1.07 bits per heavy atom. The number of hydroxylamine groups is 1. The predicted octanol–water partition coefficient (Wildman–Crippen LogP) is 2.92. The monoisotopic (exact) mass is 387 g/mol. The highest BCUT2D eigenvalue weighted by Crippen LogP contribution is 2.38. The molecule has 2 amide bonds. The van der Waals surface area contributed by atoms with E-state index in [9.17, 15) is 14.8 Å². The van der Waals surface area contributed by atoms with Gasteiger partial charge in [-0.25, -0.2) is 5.48 Å². The zero-order chi connectivity index (χ0) is 20.1. The van der Waals surface area contributed by atoms with Crippen molar-refractivity contribution >= 4 is 17.5 Å². The molecule has 3 rings (SSSR count). The van der Waals surface area contributed by atoms with E-state index in [0.29, 0.717) is 31.3 Å². The van der Waals surface area contributed by atoms with Crippen LogP contribution < -0.4 is 10.4 Å². The van der Waals surface area contributed by atoms with Crippen LogP contribution in [0.3, 0.4) is 0 Å². The van der Waals surface area contributed by atoms with Crippen LogP contribution in [0.25, 0.3) is 0 Å². The standard InChI is InChI=1S/C22H33N3O3/c1-16(2)14-17-8-9-19(20(15-17)21(26)23-28)22(27)25-12-10-24(11-13-25)18-6-4-3-5-7-18/h3-7,16-17,19-20,28H,8-15H2,1-2H3,(H,23,26)/t17-,19-,20-/m0/s1. The molecular weight excluding hydrogens is 354 g/mol. The van der Waals surface area contributed by atoms with Crippen molar-refractivity contribution in [1.82, 2.24) is 10.4 Å². The van der Waals surface area contributed by atoms with E-state index in [0.717, 1.165) is 32.4 Å². The number of rotatable bonds is 5. The average molecular weight is 388 g/mol. The molecule has 2 fully saturated rings. The Morgan fingerprint density at radius 2 is 1.75 bits per heavy atom. The first kappa shape index (κ1) is 20.6. The van der Waals surface area contributed by atoms with Crippen molar-refractivity contribution in [3.8, 4) is 0 Å². The number of nitrogens with one attached hydrogen (secondary N) is 1. The zero-order valence-electron chi connectivity index (χ0n) is 17.0. The third-order valence-electron chi connectivity index (χ3n) is 6.24. The minimum atomic E-state index is -0.429. The van der Waals surface area contributed by atoms with Crippen molar-refractivity contribution in [2.75, 3.05) is 31.1 Å². The number of para-hydroxylation sites is 1. The molecule has 28 heavy (non-hydrogen) atoms. The van der Waals surface area contributed by atoms with Gasteiger partial charge in [-0.3, -0.25) is 14.8 Å². The SMILES string of the molecule is CC(C)C[C@@H]1CC[C@H](C(=O)N2CCN(c3ccccc3)CC2)[C@@H](C(=O)NO)C1. The van der Waals surface area contributed by atoms with Crippen LogP contribution in [0.4, 0.5) is 5.69 Å². The number of carbonyl (C=O) groups excluding carboxylic acids is 2. The van der Waals surface area contributed by atoms with Crippen molar-refractivity contribution in [2.24, 2.45) is 23.7 Å². The second kappa shape index (κ2) is 9.41. The smallest absolute Gasteiger partial charge is 0.247 e. The largest absolute Gasteiger partial charge is 0.368 e. The van der Waals surface area contributed by atoms with E-state index in [1.807, 2.05) is 23.1 Å². The number of hydrogen-bond acceptors (Lipinski definition) is 4. The lowest BCUT2D eigenvalue weighted by Crippen LogP contribution is -2.53. The van der Waals surface area contributed by atoms with Crippen LogP contribution in [-0.2, 0) is 9.59 Å². The molecule has 6 heteroatoms. The van der Waals surface area contributed by atoms with Gasteiger partial charge < -0.3 is 9.80 Å². The number of anilines is 1. The van der Waals surface area contributed by atoms with E-state index < -0.39 is 11.8 Å². The number of carbonyl (C=O) groups is 2. The highest BCUT2D eigenvalue weighted by atomic mass is 16.5. The second-order valence-corrected chi connectivity index (χ2v) is 8.65. The molecule has 3 atom stereocenters. The Bertz CT molecular complexity index is 656. The summed E-state index contributed by atoms with van der Waals surface area (Å²) in [5.74, 6) is -0.0672. The topological polar surface area (TPSA) is 72.9 Å². The van der Waals surface area contributed by atoms with Gasteiger partial charge in [-0.05, 0) is 49.7 Å². The van der Waals surface area contributed by atoms with Crippen molar-refractivity contribution in [3.05, 3.63) is 30.3 Å². The summed E-state index contributed by atoms with van der Waals surface area (Å²) in [7, 11) is 0. The van der Waals surface area contributed by atoms with Gasteiger partial charge in [0.1, 0.15) is 0 Å². The van der Waals surface area contributed by atoms with Gasteiger partial charge >= 0.3 is 0 Å². The molecule has 1 aromatic carbocycles. The predicted molar refractivity (Wildman–Crippen MR) is 109 cm³/mol. The third kappa shape index (κ3) is 4.85. The summed E-state index contributed by atoms with van der Waals surface area (Å²) in [6.07, 6.45) is 3.46. The summed E-state index contributed by atoms with van der Waals surface area (Å²) < 4.78 is 0.